The number of carbonyl (C=O) groups is 2. The molecule has 0 unspecified atom stereocenters. The Balaban J connectivity index is 1.83. The Bertz CT molecular complexity index is 1050. The topological polar surface area (TPSA) is 94.8 Å². The Morgan fingerprint density at radius 1 is 1.07 bits per heavy atom. The van der Waals surface area contributed by atoms with Crippen LogP contribution in [0.4, 0.5) is 5.69 Å². The van der Waals surface area contributed by atoms with E-state index >= 15 is 0 Å². The first kappa shape index (κ1) is 18.2. The van der Waals surface area contributed by atoms with Gasteiger partial charge in [-0.15, -0.1) is 0 Å². The fourth-order valence-corrected chi connectivity index (χ4v) is 2.47. The van der Waals surface area contributed by atoms with Crippen LogP contribution in [0, 0.1) is 0 Å². The zero-order valence-corrected chi connectivity index (χ0v) is 14.8. The van der Waals surface area contributed by atoms with Gasteiger partial charge in [-0.25, -0.2) is 4.79 Å². The molecule has 7 nitrogen and oxygen atoms in total. The van der Waals surface area contributed by atoms with E-state index in [1.165, 1.54) is 19.2 Å². The molecule has 27 heavy (non-hydrogen) atoms. The third-order valence-corrected chi connectivity index (χ3v) is 3.81. The van der Waals surface area contributed by atoms with Crippen LogP contribution in [0.5, 0.6) is 5.75 Å². The number of nitrogens with one attached hydrogen (secondary N) is 1. The minimum Gasteiger partial charge on any atom is -0.497 e. The van der Waals surface area contributed by atoms with Crippen LogP contribution in [0.1, 0.15) is 27.8 Å². The van der Waals surface area contributed by atoms with E-state index < -0.39 is 11.9 Å². The van der Waals surface area contributed by atoms with Gasteiger partial charge in [0.25, 0.3) is 5.91 Å². The summed E-state index contributed by atoms with van der Waals surface area (Å²) in [6.45, 7) is 2.00. The lowest BCUT2D eigenvalue weighted by atomic mass is 10.2. The van der Waals surface area contributed by atoms with E-state index in [0.717, 1.165) is 6.07 Å². The molecular formula is C20H17NO6. The molecule has 0 saturated carbocycles. The summed E-state index contributed by atoms with van der Waals surface area (Å²) in [6.07, 6.45) is 0. The molecule has 0 spiro atoms. The SMILES string of the molecule is CCOC(=O)c1ccc(NC(=O)c2cc(=O)c3ccc(OC)cc3o2)cc1. The number of hydrogen-bond acceptors (Lipinski definition) is 6. The average molecular weight is 367 g/mol. The highest BCUT2D eigenvalue weighted by Crippen LogP contribution is 2.20. The summed E-state index contributed by atoms with van der Waals surface area (Å²) in [7, 11) is 1.50. The Morgan fingerprint density at radius 2 is 1.81 bits per heavy atom. The second-order valence-electron chi connectivity index (χ2n) is 5.59. The first-order chi connectivity index (χ1) is 13.0. The lowest BCUT2D eigenvalue weighted by Gasteiger charge is -2.07. The zero-order valence-electron chi connectivity index (χ0n) is 14.8. The van der Waals surface area contributed by atoms with E-state index in [-0.39, 0.29) is 23.4 Å². The zero-order chi connectivity index (χ0) is 19.4. The van der Waals surface area contributed by atoms with Crippen molar-refractivity contribution in [2.75, 3.05) is 19.0 Å². The fraction of sp³-hybridized carbons (Fsp3) is 0.150. The standard InChI is InChI=1S/C20H17NO6/c1-3-26-20(24)12-4-6-13(7-5-12)21-19(23)18-11-16(22)15-9-8-14(25-2)10-17(15)27-18/h4-11H,3H2,1-2H3,(H,21,23). The summed E-state index contributed by atoms with van der Waals surface area (Å²) in [6, 6.07) is 12.1. The van der Waals surface area contributed by atoms with E-state index in [1.54, 1.807) is 37.3 Å². The lowest BCUT2D eigenvalue weighted by molar-refractivity contribution is 0.0526. The van der Waals surface area contributed by atoms with Crippen molar-refractivity contribution in [3.05, 3.63) is 70.1 Å². The number of carbonyl (C=O) groups excluding carboxylic acids is 2. The van der Waals surface area contributed by atoms with Crippen LogP contribution < -0.4 is 15.5 Å². The minimum atomic E-state index is -0.583. The van der Waals surface area contributed by atoms with Gasteiger partial charge < -0.3 is 19.2 Å². The number of anilines is 1. The summed E-state index contributed by atoms with van der Waals surface area (Å²) in [5.74, 6) is -0.640. The monoisotopic (exact) mass is 367 g/mol. The smallest absolute Gasteiger partial charge is 0.338 e. The summed E-state index contributed by atoms with van der Waals surface area (Å²) < 4.78 is 15.6. The van der Waals surface area contributed by atoms with E-state index in [2.05, 4.69) is 5.32 Å². The van der Waals surface area contributed by atoms with Gasteiger partial charge in [0.1, 0.15) is 11.3 Å². The van der Waals surface area contributed by atoms with Crippen LogP contribution in [0.2, 0.25) is 0 Å². The van der Waals surface area contributed by atoms with Crippen molar-refractivity contribution in [3.63, 3.8) is 0 Å². The van der Waals surface area contributed by atoms with E-state index in [9.17, 15) is 14.4 Å². The largest absolute Gasteiger partial charge is 0.497 e. The summed E-state index contributed by atoms with van der Waals surface area (Å²) in [5.41, 5.74) is 0.743. The molecule has 0 aliphatic carbocycles. The molecule has 0 saturated heterocycles. The molecule has 0 bridgehead atoms. The van der Waals surface area contributed by atoms with E-state index in [0.29, 0.717) is 22.4 Å². The highest BCUT2D eigenvalue weighted by Gasteiger charge is 2.14. The van der Waals surface area contributed by atoms with Crippen molar-refractivity contribution in [1.29, 1.82) is 0 Å². The number of rotatable bonds is 5. The number of methoxy groups -OCH3 is 1. The van der Waals surface area contributed by atoms with Gasteiger partial charge in [-0.2, -0.15) is 0 Å². The quantitative estimate of drug-likeness (QED) is 0.696. The molecule has 0 atom stereocenters. The van der Waals surface area contributed by atoms with Crippen molar-refractivity contribution in [2.24, 2.45) is 0 Å². The summed E-state index contributed by atoms with van der Waals surface area (Å²) >= 11 is 0. The molecule has 1 heterocycles. The predicted octanol–water partition coefficient (Wildman–Crippen LogP) is 3.23. The second-order valence-corrected chi connectivity index (χ2v) is 5.59. The summed E-state index contributed by atoms with van der Waals surface area (Å²) in [4.78, 5) is 36.3. The molecule has 138 valence electrons. The molecule has 2 aromatic carbocycles. The van der Waals surface area contributed by atoms with Crippen molar-refractivity contribution < 1.29 is 23.5 Å². The number of benzene rings is 2. The van der Waals surface area contributed by atoms with Gasteiger partial charge in [0.2, 0.25) is 0 Å². The van der Waals surface area contributed by atoms with Crippen LogP contribution in [0.25, 0.3) is 11.0 Å². The molecule has 0 aliphatic heterocycles. The molecule has 1 aromatic heterocycles. The van der Waals surface area contributed by atoms with Crippen molar-refractivity contribution in [2.45, 2.75) is 6.92 Å². The van der Waals surface area contributed by atoms with Crippen molar-refractivity contribution in [1.82, 2.24) is 0 Å². The highest BCUT2D eigenvalue weighted by molar-refractivity contribution is 6.03. The molecule has 1 N–H and O–H groups in total. The normalized spacial score (nSPS) is 10.4. The molecule has 1 amide bonds. The summed E-state index contributed by atoms with van der Waals surface area (Å²) in [5, 5.41) is 2.97. The first-order valence-electron chi connectivity index (χ1n) is 8.22. The average Bonchev–Trinajstić information content (AvgIpc) is 2.68. The maximum atomic E-state index is 12.4. The molecule has 7 heteroatoms. The number of hydrogen-bond donors (Lipinski definition) is 1. The number of amides is 1. The maximum absolute atomic E-state index is 12.4. The van der Waals surface area contributed by atoms with Gasteiger partial charge in [-0.3, -0.25) is 9.59 Å². The number of ether oxygens (including phenoxy) is 2. The number of esters is 1. The maximum Gasteiger partial charge on any atom is 0.338 e. The number of fused-ring (bicyclic) bond motifs is 1. The molecular weight excluding hydrogens is 350 g/mol. The van der Waals surface area contributed by atoms with Crippen LogP contribution in [-0.2, 0) is 4.74 Å². The van der Waals surface area contributed by atoms with Gasteiger partial charge in [0.05, 0.1) is 24.7 Å². The van der Waals surface area contributed by atoms with Gasteiger partial charge in [-0.1, -0.05) is 0 Å². The fourth-order valence-electron chi connectivity index (χ4n) is 2.47. The first-order valence-corrected chi connectivity index (χ1v) is 8.22. The Morgan fingerprint density at radius 3 is 2.48 bits per heavy atom. The third-order valence-electron chi connectivity index (χ3n) is 3.81. The third kappa shape index (κ3) is 3.98. The second kappa shape index (κ2) is 7.74. The molecule has 0 aliphatic rings. The van der Waals surface area contributed by atoms with Gasteiger partial charge in [-0.05, 0) is 43.3 Å². The van der Waals surface area contributed by atoms with Crippen LogP contribution in [0.3, 0.4) is 0 Å². The van der Waals surface area contributed by atoms with Crippen molar-refractivity contribution >= 4 is 28.5 Å². The molecule has 0 fully saturated rings. The molecule has 3 aromatic rings. The Labute approximate surface area is 154 Å². The minimum absolute atomic E-state index is 0.129. The van der Waals surface area contributed by atoms with Crippen molar-refractivity contribution in [3.8, 4) is 5.75 Å². The van der Waals surface area contributed by atoms with Crippen LogP contribution in [-0.4, -0.2) is 25.6 Å². The molecule has 3 rings (SSSR count). The highest BCUT2D eigenvalue weighted by atomic mass is 16.5. The molecule has 0 radical (unpaired) electrons. The Hall–Kier alpha value is -3.61. The Kier molecular flexibility index (Phi) is 5.21. The predicted molar refractivity (Wildman–Crippen MR) is 99.4 cm³/mol. The van der Waals surface area contributed by atoms with E-state index in [4.69, 9.17) is 13.9 Å². The van der Waals surface area contributed by atoms with Crippen LogP contribution >= 0.6 is 0 Å². The lowest BCUT2D eigenvalue weighted by Crippen LogP contribution is -2.15. The van der Waals surface area contributed by atoms with Gasteiger partial charge in [0.15, 0.2) is 11.2 Å². The van der Waals surface area contributed by atoms with Crippen LogP contribution in [0.15, 0.2) is 57.7 Å². The van der Waals surface area contributed by atoms with E-state index in [1.807, 2.05) is 0 Å². The van der Waals surface area contributed by atoms with Gasteiger partial charge >= 0.3 is 5.97 Å². The van der Waals surface area contributed by atoms with Gasteiger partial charge in [0, 0.05) is 17.8 Å².